The van der Waals surface area contributed by atoms with Gasteiger partial charge in [-0.15, -0.1) is 10.2 Å². The van der Waals surface area contributed by atoms with Crippen molar-refractivity contribution in [3.8, 4) is 0 Å². The molecule has 0 unspecified atom stereocenters. The Kier molecular flexibility index (Phi) is 4.67. The molecular formula is C18H16N4OS2. The quantitative estimate of drug-likeness (QED) is 0.691. The summed E-state index contributed by atoms with van der Waals surface area (Å²) in [5.41, 5.74) is 3.25. The standard InChI is InChI=1S/C18H16N4OS2/c23-16(22-11-10-13-6-4-5-9-15(13)22)12-24-18-21-20-17(25-18)19-14-7-2-1-3-8-14/h1-9H,10-12H2,(H,19,20). The number of anilines is 3. The maximum Gasteiger partial charge on any atom is 0.237 e. The van der Waals surface area contributed by atoms with Crippen LogP contribution in [0.4, 0.5) is 16.5 Å². The Labute approximate surface area is 154 Å². The van der Waals surface area contributed by atoms with Crippen LogP contribution < -0.4 is 10.2 Å². The number of amides is 1. The first kappa shape index (κ1) is 16.1. The fraction of sp³-hybridized carbons (Fsp3) is 0.167. The summed E-state index contributed by atoms with van der Waals surface area (Å²) in [4.78, 5) is 14.4. The summed E-state index contributed by atoms with van der Waals surface area (Å²) in [6.07, 6.45) is 0.927. The molecule has 0 fully saturated rings. The zero-order valence-corrected chi connectivity index (χ0v) is 15.0. The number of thioether (sulfide) groups is 1. The highest BCUT2D eigenvalue weighted by Crippen LogP contribution is 2.31. The third-order valence-electron chi connectivity index (χ3n) is 3.94. The number of fused-ring (bicyclic) bond motifs is 1. The van der Waals surface area contributed by atoms with Gasteiger partial charge >= 0.3 is 0 Å². The molecule has 0 aliphatic carbocycles. The van der Waals surface area contributed by atoms with Gasteiger partial charge in [-0.05, 0) is 30.2 Å². The lowest BCUT2D eigenvalue weighted by Crippen LogP contribution is -2.30. The normalized spacial score (nSPS) is 12.9. The van der Waals surface area contributed by atoms with Crippen LogP contribution in [0.3, 0.4) is 0 Å². The van der Waals surface area contributed by atoms with Crippen LogP contribution in [0.2, 0.25) is 0 Å². The van der Waals surface area contributed by atoms with Gasteiger partial charge in [0.2, 0.25) is 11.0 Å². The molecule has 126 valence electrons. The second-order valence-electron chi connectivity index (χ2n) is 5.58. The van der Waals surface area contributed by atoms with Crippen LogP contribution in [0.15, 0.2) is 58.9 Å². The zero-order valence-electron chi connectivity index (χ0n) is 13.4. The Morgan fingerprint density at radius 1 is 1.12 bits per heavy atom. The van der Waals surface area contributed by atoms with Gasteiger partial charge in [0, 0.05) is 17.9 Å². The van der Waals surface area contributed by atoms with Gasteiger partial charge in [0.05, 0.1) is 5.75 Å². The Hall–Kier alpha value is -2.38. The molecule has 0 atom stereocenters. The molecule has 0 radical (unpaired) electrons. The number of para-hydroxylation sites is 2. The minimum absolute atomic E-state index is 0.114. The molecule has 1 aromatic heterocycles. The number of nitrogens with zero attached hydrogens (tertiary/aromatic N) is 3. The highest BCUT2D eigenvalue weighted by atomic mass is 32.2. The van der Waals surface area contributed by atoms with Crippen LogP contribution in [-0.4, -0.2) is 28.4 Å². The molecule has 0 saturated carbocycles. The molecule has 1 N–H and O–H groups in total. The average molecular weight is 368 g/mol. The Balaban J connectivity index is 1.35. The summed E-state index contributed by atoms with van der Waals surface area (Å²) in [6, 6.07) is 17.9. The monoisotopic (exact) mass is 368 g/mol. The van der Waals surface area contributed by atoms with E-state index in [-0.39, 0.29) is 5.91 Å². The third kappa shape index (κ3) is 3.67. The lowest BCUT2D eigenvalue weighted by atomic mass is 10.2. The molecule has 1 aliphatic rings. The molecule has 3 aromatic rings. The van der Waals surface area contributed by atoms with Gasteiger partial charge in [0.25, 0.3) is 0 Å². The summed E-state index contributed by atoms with van der Waals surface area (Å²) < 4.78 is 0.791. The SMILES string of the molecule is O=C(CSc1nnc(Nc2ccccc2)s1)N1CCc2ccccc21. The van der Waals surface area contributed by atoms with E-state index in [9.17, 15) is 4.79 Å². The fourth-order valence-corrected chi connectivity index (χ4v) is 4.41. The predicted octanol–water partition coefficient (Wildman–Crippen LogP) is 3.96. The van der Waals surface area contributed by atoms with Crippen LogP contribution >= 0.6 is 23.1 Å². The largest absolute Gasteiger partial charge is 0.330 e. The average Bonchev–Trinajstić information content (AvgIpc) is 3.27. The molecule has 0 saturated heterocycles. The Morgan fingerprint density at radius 3 is 2.80 bits per heavy atom. The van der Waals surface area contributed by atoms with Crippen molar-refractivity contribution in [2.45, 2.75) is 10.8 Å². The summed E-state index contributed by atoms with van der Waals surface area (Å²) in [5, 5.41) is 12.2. The molecule has 1 aliphatic heterocycles. The van der Waals surface area contributed by atoms with Gasteiger partial charge < -0.3 is 10.2 Å². The second-order valence-corrected chi connectivity index (χ2v) is 7.78. The molecule has 4 rings (SSSR count). The Morgan fingerprint density at radius 2 is 1.92 bits per heavy atom. The molecule has 2 aromatic carbocycles. The van der Waals surface area contributed by atoms with E-state index in [1.54, 1.807) is 0 Å². The minimum Gasteiger partial charge on any atom is -0.330 e. The van der Waals surface area contributed by atoms with Crippen molar-refractivity contribution in [1.82, 2.24) is 10.2 Å². The minimum atomic E-state index is 0.114. The number of hydrogen-bond acceptors (Lipinski definition) is 6. The van der Waals surface area contributed by atoms with Gasteiger partial charge in [0.1, 0.15) is 0 Å². The van der Waals surface area contributed by atoms with E-state index in [1.165, 1.54) is 28.7 Å². The molecule has 25 heavy (non-hydrogen) atoms. The van der Waals surface area contributed by atoms with Gasteiger partial charge in [-0.1, -0.05) is 59.5 Å². The first-order valence-electron chi connectivity index (χ1n) is 7.96. The topological polar surface area (TPSA) is 58.1 Å². The van der Waals surface area contributed by atoms with Crippen molar-refractivity contribution < 1.29 is 4.79 Å². The first-order valence-corrected chi connectivity index (χ1v) is 9.76. The molecule has 2 heterocycles. The number of rotatable bonds is 5. The number of benzene rings is 2. The van der Waals surface area contributed by atoms with E-state index >= 15 is 0 Å². The van der Waals surface area contributed by atoms with E-state index in [0.29, 0.717) is 5.75 Å². The maximum atomic E-state index is 12.5. The van der Waals surface area contributed by atoms with Crippen molar-refractivity contribution in [2.75, 3.05) is 22.5 Å². The van der Waals surface area contributed by atoms with Gasteiger partial charge in [0.15, 0.2) is 4.34 Å². The first-order chi connectivity index (χ1) is 12.3. The summed E-state index contributed by atoms with van der Waals surface area (Å²) >= 11 is 2.89. The number of carbonyl (C=O) groups is 1. The van der Waals surface area contributed by atoms with Crippen molar-refractivity contribution in [3.05, 3.63) is 60.2 Å². The molecule has 5 nitrogen and oxygen atoms in total. The van der Waals surface area contributed by atoms with Crippen molar-refractivity contribution in [3.63, 3.8) is 0 Å². The molecule has 1 amide bonds. The fourth-order valence-electron chi connectivity index (χ4n) is 2.76. The molecular weight excluding hydrogens is 352 g/mol. The van der Waals surface area contributed by atoms with Gasteiger partial charge in [-0.2, -0.15) is 0 Å². The summed E-state index contributed by atoms with van der Waals surface area (Å²) in [7, 11) is 0. The van der Waals surface area contributed by atoms with Crippen LogP contribution in [0.25, 0.3) is 0 Å². The molecule has 0 spiro atoms. The molecule has 0 bridgehead atoms. The number of aromatic nitrogens is 2. The second kappa shape index (κ2) is 7.25. The van der Waals surface area contributed by atoms with Crippen LogP contribution in [0.5, 0.6) is 0 Å². The highest BCUT2D eigenvalue weighted by molar-refractivity contribution is 8.01. The van der Waals surface area contributed by atoms with E-state index in [2.05, 4.69) is 21.6 Å². The summed E-state index contributed by atoms with van der Waals surface area (Å²) in [5.74, 6) is 0.483. The Bertz CT molecular complexity index is 882. The predicted molar refractivity (Wildman–Crippen MR) is 103 cm³/mol. The van der Waals surface area contributed by atoms with E-state index in [0.717, 1.165) is 33.8 Å². The number of carbonyl (C=O) groups excluding carboxylic acids is 1. The maximum absolute atomic E-state index is 12.5. The van der Waals surface area contributed by atoms with Crippen LogP contribution in [0, 0.1) is 0 Å². The zero-order chi connectivity index (χ0) is 17.1. The number of nitrogens with one attached hydrogen (secondary N) is 1. The third-order valence-corrected chi connectivity index (χ3v) is 5.90. The van der Waals surface area contributed by atoms with E-state index < -0.39 is 0 Å². The summed E-state index contributed by atoms with van der Waals surface area (Å²) in [6.45, 7) is 0.760. The highest BCUT2D eigenvalue weighted by Gasteiger charge is 2.24. The van der Waals surface area contributed by atoms with E-state index in [1.807, 2.05) is 53.4 Å². The van der Waals surface area contributed by atoms with Crippen LogP contribution in [-0.2, 0) is 11.2 Å². The van der Waals surface area contributed by atoms with Gasteiger partial charge in [-0.3, -0.25) is 4.79 Å². The van der Waals surface area contributed by atoms with Crippen molar-refractivity contribution in [1.29, 1.82) is 0 Å². The lowest BCUT2D eigenvalue weighted by molar-refractivity contribution is -0.116. The van der Waals surface area contributed by atoms with Crippen molar-refractivity contribution >= 4 is 45.5 Å². The van der Waals surface area contributed by atoms with Gasteiger partial charge in [-0.25, -0.2) is 0 Å². The van der Waals surface area contributed by atoms with Crippen LogP contribution in [0.1, 0.15) is 5.56 Å². The smallest absolute Gasteiger partial charge is 0.237 e. The van der Waals surface area contributed by atoms with E-state index in [4.69, 9.17) is 0 Å². The molecule has 7 heteroatoms. The number of hydrogen-bond donors (Lipinski definition) is 1. The van der Waals surface area contributed by atoms with Crippen molar-refractivity contribution in [2.24, 2.45) is 0 Å². The lowest BCUT2D eigenvalue weighted by Gasteiger charge is -2.16.